The Labute approximate surface area is 776 Å². The molecule has 0 saturated heterocycles. The summed E-state index contributed by atoms with van der Waals surface area (Å²) in [6.07, 6.45) is 18.5. The molecule has 16 heterocycles. The van der Waals surface area contributed by atoms with Crippen molar-refractivity contribution in [1.82, 2.24) is 183 Å². The average molecular weight is 1890 g/mol. The Morgan fingerprint density at radius 2 is 0.812 bits per heavy atom. The Morgan fingerprint density at radius 1 is 0.399 bits per heavy atom. The molecule has 0 amide bonds. The Morgan fingerprint density at radius 3 is 1.26 bits per heavy atom. The standard InChI is InChI=1S/C12H11N3O3.C12H11N3O2.C11H10N4O2S.C10H10N6O2.C10H10N6.C10H9N5O.C9H9N7O2.C9H9N7O/c16-12-6-10(14-18-12)3-1-8-2-4-11-9(5-8)7-13-15(11)17;1-8-4-11(14-17-8)6-9-2-3-12-10(5-9)7-13-15(12)16;16-15-9-3-1-7(5-8(9)6-12-15)2-4-10-13-11(18)17-14-10;17-16-9-2-1-7(3-8(9)4-11-16)5-18-6-10-12-14-15-13-10;1-3-9-8(6-11-12-9)5-7(1)2-4-10-13-15-16-14-10;16-15-9-2-1-7(3-8(9)5-13-15)4-10-11-6-12-14-10;17-16-8-2-1-6(3-7(8)10-15-16)4-18-5-9-11-13-14-12-9;17-16-8-3-1-6(5-7(8)10-15-16)2-4-9-11-13-14-12-9/h2,4-5,7,17H,1,3,6H2;2-3,5,7,16H,1,4,6H2;1,3,5-6,16H,2,4H2,(H,13,14,18);1-4,17H,5-6H2,(H,12,13,14,15);1,3,5-6H,2,4H2,(H,11,12)(H,13,14,15,16);1-3,5,16H,4,6H2;1-3,17H,4-5H2,(H,11,12,13,14);1,3,5,17H,2,4H2,(H,11,12,13,14). The quantitative estimate of drug-likeness (QED) is 0.0153. The first-order valence-electron chi connectivity index (χ1n) is 41.8. The number of amidine groups is 1. The lowest BCUT2D eigenvalue weighted by Gasteiger charge is -2.02. The molecule has 0 aliphatic carbocycles. The SMILES string of the molecule is C=C1CC(Cc2ccc3c(cnn3O)c2)=NO1.O=C1CC(CCc2ccc3c(cnn3O)c2)=NO1.On1ncc2cc(CC3=NCN=N3)ccc21.On1ncc2cc(CCc3nc(=S)o[nH]3)ccc21.On1ncc2cc(COCc3nn[nH]n3)ccc21.On1nnc2cc(CCc3nn[nH]n3)ccc21.On1nnc2cc(COCc3nn[nH]n3)ccc21.c1cc2[nH]ncc2cc1CCc1nn[nH]n1. The van der Waals surface area contributed by atoms with Gasteiger partial charge in [0.2, 0.25) is 0 Å². The zero-order valence-electron chi connectivity index (χ0n) is 72.2. The molecular weight excluding hydrogens is 1810 g/mol. The van der Waals surface area contributed by atoms with Gasteiger partial charge in [-0.05, 0) is 196 Å². The predicted octanol–water partition coefficient (Wildman–Crippen LogP) is 8.59. The van der Waals surface area contributed by atoms with Crippen molar-refractivity contribution >= 4 is 123 Å². The van der Waals surface area contributed by atoms with Crippen LogP contribution >= 0.6 is 12.2 Å². The summed E-state index contributed by atoms with van der Waals surface area (Å²) in [5.41, 5.74) is 17.3. The minimum absolute atomic E-state index is 0.224. The molecular formula is C83H79N41O13S. The molecule has 3 aliphatic heterocycles. The molecule has 0 atom stereocenters. The monoisotopic (exact) mass is 1890 g/mol. The summed E-state index contributed by atoms with van der Waals surface area (Å²) in [6.45, 7) is 5.55. The zero-order valence-corrected chi connectivity index (χ0v) is 73.0. The molecule has 0 spiro atoms. The van der Waals surface area contributed by atoms with E-state index in [-0.39, 0.29) is 23.8 Å². The van der Waals surface area contributed by atoms with Crippen LogP contribution in [0.3, 0.4) is 0 Å². The third-order valence-corrected chi connectivity index (χ3v) is 21.0. The van der Waals surface area contributed by atoms with Gasteiger partial charge in [-0.2, -0.15) is 36.1 Å². The molecule has 24 rings (SSSR count). The second-order valence-electron chi connectivity index (χ2n) is 30.4. The van der Waals surface area contributed by atoms with Gasteiger partial charge in [0.25, 0.3) is 0 Å². The molecule has 13 N–H and O–H groups in total. The van der Waals surface area contributed by atoms with E-state index in [4.69, 9.17) is 31.1 Å². The van der Waals surface area contributed by atoms with Crippen LogP contribution in [0.1, 0.15) is 92.9 Å². The van der Waals surface area contributed by atoms with Gasteiger partial charge in [-0.3, -0.25) is 5.10 Å². The van der Waals surface area contributed by atoms with E-state index in [0.717, 1.165) is 185 Å². The number of aliphatic imine (C=N–C) groups is 1. The average Bonchev–Trinajstić information content (AvgIpc) is 1.82. The topological polar surface area (TPSA) is 696 Å². The fourth-order valence-corrected chi connectivity index (χ4v) is 14.2. The van der Waals surface area contributed by atoms with Crippen LogP contribution in [0.2, 0.25) is 0 Å². The van der Waals surface area contributed by atoms with Crippen LogP contribution < -0.4 is 0 Å². The highest BCUT2D eigenvalue weighted by molar-refractivity contribution is 7.71. The van der Waals surface area contributed by atoms with Crippen LogP contribution in [0, 0.1) is 4.84 Å². The molecule has 3 aliphatic rings. The van der Waals surface area contributed by atoms with Gasteiger partial charge in [0.05, 0.1) is 80.2 Å². The number of aryl methyl sites for hydroxylation is 7. The number of fused-ring (bicyclic) bond motifs is 8. The molecule has 8 aromatic carbocycles. The molecule has 0 bridgehead atoms. The minimum Gasteiger partial charge on any atom is -0.411 e. The van der Waals surface area contributed by atoms with E-state index in [9.17, 15) is 41.2 Å². The van der Waals surface area contributed by atoms with E-state index in [0.29, 0.717) is 125 Å². The number of carbonyl (C=O) groups is 1. The van der Waals surface area contributed by atoms with E-state index < -0.39 is 0 Å². The lowest BCUT2D eigenvalue weighted by molar-refractivity contribution is -0.140. The second kappa shape index (κ2) is 43.5. The number of hydrogen-bond donors (Lipinski definition) is 13. The molecule has 0 unspecified atom stereocenters. The largest absolute Gasteiger partial charge is 0.411 e. The number of ether oxygens (including phenoxy) is 2. The number of allylic oxidation sites excluding steroid dienone is 1. The number of nitrogens with one attached hydrogen (secondary N) is 6. The number of aromatic amines is 6. The molecule has 0 radical (unpaired) electrons. The Balaban J connectivity index is 0.000000109. The number of benzene rings is 8. The Bertz CT molecular complexity index is 7760. The third-order valence-electron chi connectivity index (χ3n) is 20.8. The van der Waals surface area contributed by atoms with Crippen molar-refractivity contribution in [1.29, 1.82) is 0 Å². The van der Waals surface area contributed by atoms with E-state index in [1.54, 1.807) is 55.2 Å². The van der Waals surface area contributed by atoms with E-state index in [1.807, 2.05) is 115 Å². The van der Waals surface area contributed by atoms with Gasteiger partial charge in [-0.15, -0.1) is 106 Å². The predicted molar refractivity (Wildman–Crippen MR) is 481 cm³/mol. The van der Waals surface area contributed by atoms with E-state index in [1.165, 1.54) is 5.56 Å². The van der Waals surface area contributed by atoms with E-state index >= 15 is 0 Å². The highest BCUT2D eigenvalue weighted by atomic mass is 32.1. The molecule has 21 aromatic rings. The number of carbonyl (C=O) groups excluding carboxylic acids is 1. The summed E-state index contributed by atoms with van der Waals surface area (Å²) in [4.78, 5) is 34.6. The minimum atomic E-state index is -0.290. The first kappa shape index (κ1) is 91.1. The van der Waals surface area contributed by atoms with Crippen LogP contribution in [-0.4, -0.2) is 249 Å². The van der Waals surface area contributed by atoms with Crippen LogP contribution in [0.4, 0.5) is 0 Å². The number of rotatable bonds is 24. The third kappa shape index (κ3) is 24.1. The van der Waals surface area contributed by atoms with Crippen LogP contribution in [0.5, 0.6) is 0 Å². The lowest BCUT2D eigenvalue weighted by atomic mass is 10.0. The molecule has 0 fully saturated rings. The summed E-state index contributed by atoms with van der Waals surface area (Å²) in [5.74, 6) is 4.31. The summed E-state index contributed by atoms with van der Waals surface area (Å²) in [5, 5.41) is 184. The molecule has 0 saturated carbocycles. The fraction of sp³-hybridized carbons (Fsp3) is 0.205. The fourth-order valence-electron chi connectivity index (χ4n) is 14.0. The summed E-state index contributed by atoms with van der Waals surface area (Å²) >= 11 is 4.78. The van der Waals surface area contributed by atoms with Crippen molar-refractivity contribution in [3.05, 3.63) is 274 Å². The maximum absolute atomic E-state index is 10.9. The van der Waals surface area contributed by atoms with Gasteiger partial charge in [-0.25, -0.2) is 14.9 Å². The zero-order chi connectivity index (χ0) is 95.1. The second-order valence-corrected chi connectivity index (χ2v) is 30.8. The van der Waals surface area contributed by atoms with Crippen molar-refractivity contribution in [2.75, 3.05) is 6.67 Å². The molecule has 700 valence electrons. The van der Waals surface area contributed by atoms with E-state index in [2.05, 4.69) is 198 Å². The van der Waals surface area contributed by atoms with Gasteiger partial charge in [0, 0.05) is 64.4 Å². The maximum atomic E-state index is 10.9. The van der Waals surface area contributed by atoms with Crippen LogP contribution in [0.25, 0.3) is 87.5 Å². The number of aromatic nitrogens is 36. The molecule has 54 nitrogen and oxygen atoms in total. The van der Waals surface area contributed by atoms with Gasteiger partial charge >= 0.3 is 10.8 Å². The highest BCUT2D eigenvalue weighted by Gasteiger charge is 2.19. The lowest BCUT2D eigenvalue weighted by Crippen LogP contribution is -2.00. The molecule has 138 heavy (non-hydrogen) atoms. The summed E-state index contributed by atoms with van der Waals surface area (Å²) in [6, 6.07) is 45.7. The number of H-pyrrole nitrogens is 6. The maximum Gasteiger partial charge on any atom is 0.340 e. The smallest absolute Gasteiger partial charge is 0.340 e. The number of azo groups is 1. The van der Waals surface area contributed by atoms with Crippen molar-refractivity contribution in [3.63, 3.8) is 0 Å². The van der Waals surface area contributed by atoms with Crippen molar-refractivity contribution in [3.8, 4) is 0 Å². The van der Waals surface area contributed by atoms with Gasteiger partial charge < -0.3 is 60.1 Å². The number of oxime groups is 2. The normalized spacial score (nSPS) is 12.5. The van der Waals surface area contributed by atoms with Gasteiger partial charge in [0.15, 0.2) is 35.8 Å². The van der Waals surface area contributed by atoms with Crippen LogP contribution in [0.15, 0.2) is 225 Å². The first-order chi connectivity index (χ1) is 67.4. The van der Waals surface area contributed by atoms with Crippen molar-refractivity contribution < 1.29 is 64.9 Å². The number of nitrogens with zero attached hydrogens (tertiary/aromatic N) is 35. The summed E-state index contributed by atoms with van der Waals surface area (Å²) in [7, 11) is 0. The molecule has 13 aromatic heterocycles. The highest BCUT2D eigenvalue weighted by Crippen LogP contribution is 2.25. The number of hydrogen-bond acceptors (Lipinski definition) is 42. The number of tetrazole rings is 4. The van der Waals surface area contributed by atoms with Gasteiger partial charge in [0.1, 0.15) is 74.4 Å². The van der Waals surface area contributed by atoms with Gasteiger partial charge in [-0.1, -0.05) is 96.0 Å². The van der Waals surface area contributed by atoms with Crippen molar-refractivity contribution in [2.45, 2.75) is 103 Å². The van der Waals surface area contributed by atoms with Crippen molar-refractivity contribution in [2.24, 2.45) is 25.5 Å². The van der Waals surface area contributed by atoms with Crippen LogP contribution in [-0.2, 0) is 108 Å². The summed E-state index contributed by atoms with van der Waals surface area (Å²) < 4.78 is 15.7. The Kier molecular flexibility index (Phi) is 28.7. The first-order valence-corrected chi connectivity index (χ1v) is 42.3. The Hall–Kier alpha value is -18.8. The molecule has 55 heteroatoms.